The van der Waals surface area contributed by atoms with Crippen LogP contribution in [-0.4, -0.2) is 56.7 Å². The van der Waals surface area contributed by atoms with E-state index in [1.165, 1.54) is 58.3 Å². The van der Waals surface area contributed by atoms with Crippen LogP contribution in [0.5, 0.6) is 46.0 Å². The summed E-state index contributed by atoms with van der Waals surface area (Å²) in [6, 6.07) is 15.0. The minimum Gasteiger partial charge on any atom is -0.508 e. The van der Waals surface area contributed by atoms with Crippen molar-refractivity contribution in [2.24, 2.45) is 0 Å². The molecule has 11 nitrogen and oxygen atoms in total. The predicted molar refractivity (Wildman–Crippen MR) is 143 cm³/mol. The highest BCUT2D eigenvalue weighted by Gasteiger charge is 2.26. The lowest BCUT2D eigenvalue weighted by molar-refractivity contribution is 0.140. The molecule has 2 amide bonds. The Bertz CT molecular complexity index is 1320. The first-order valence-electron chi connectivity index (χ1n) is 12.1. The van der Waals surface area contributed by atoms with Gasteiger partial charge in [-0.15, -0.1) is 0 Å². The van der Waals surface area contributed by atoms with Gasteiger partial charge in [0.15, 0.2) is 0 Å². The number of benzene rings is 4. The van der Waals surface area contributed by atoms with Gasteiger partial charge in [-0.2, -0.15) is 0 Å². The van der Waals surface area contributed by atoms with Gasteiger partial charge in [0.1, 0.15) is 46.0 Å². The number of nitrogens with zero attached hydrogens (tertiary/aromatic N) is 2. The van der Waals surface area contributed by atoms with Crippen molar-refractivity contribution in [1.82, 2.24) is 9.80 Å². The molecule has 0 heterocycles. The van der Waals surface area contributed by atoms with Gasteiger partial charge >= 0.3 is 6.03 Å². The van der Waals surface area contributed by atoms with Gasteiger partial charge < -0.3 is 50.7 Å². The third-order valence-corrected chi connectivity index (χ3v) is 6.26. The second-order valence-corrected chi connectivity index (χ2v) is 9.25. The van der Waals surface area contributed by atoms with Crippen molar-refractivity contribution in [2.45, 2.75) is 26.2 Å². The van der Waals surface area contributed by atoms with E-state index in [1.54, 1.807) is 0 Å². The third-order valence-electron chi connectivity index (χ3n) is 6.26. The SMILES string of the molecule is O=C(N(Cc1ccc(O)cc1O)Cc1ccc(O)cc1O)N(Cc1ccc(O)cc1O)Cc1ccc(O)cc1O. The smallest absolute Gasteiger partial charge is 0.321 e. The van der Waals surface area contributed by atoms with Crippen LogP contribution in [0.2, 0.25) is 0 Å². The van der Waals surface area contributed by atoms with Crippen LogP contribution in [0.4, 0.5) is 4.79 Å². The number of urea groups is 1. The molecule has 0 bridgehead atoms. The van der Waals surface area contributed by atoms with E-state index < -0.39 is 6.03 Å². The Balaban J connectivity index is 1.75. The lowest BCUT2D eigenvalue weighted by atomic mass is 10.1. The van der Waals surface area contributed by atoms with E-state index in [0.29, 0.717) is 0 Å². The molecule has 0 unspecified atom stereocenters. The number of carbonyl (C=O) groups excluding carboxylic acids is 1. The van der Waals surface area contributed by atoms with Crippen molar-refractivity contribution in [3.05, 3.63) is 95.1 Å². The fraction of sp³-hybridized carbons (Fsp3) is 0.138. The normalized spacial score (nSPS) is 10.8. The predicted octanol–water partition coefficient (Wildman–Crippen LogP) is 4.16. The van der Waals surface area contributed by atoms with Crippen LogP contribution in [0.3, 0.4) is 0 Å². The fourth-order valence-corrected chi connectivity index (χ4v) is 4.15. The molecule has 0 saturated carbocycles. The van der Waals surface area contributed by atoms with E-state index in [-0.39, 0.29) is 94.4 Å². The average Bonchev–Trinajstić information content (AvgIpc) is 2.88. The number of phenols is 8. The number of hydrogen-bond donors (Lipinski definition) is 8. The molecule has 0 fully saturated rings. The molecular formula is C29H28N2O9. The molecule has 208 valence electrons. The molecule has 4 aromatic rings. The molecule has 0 aliphatic rings. The molecule has 0 saturated heterocycles. The lowest BCUT2D eigenvalue weighted by Crippen LogP contribution is -2.42. The van der Waals surface area contributed by atoms with Crippen molar-refractivity contribution in [1.29, 1.82) is 0 Å². The molecule has 4 aromatic carbocycles. The second-order valence-electron chi connectivity index (χ2n) is 9.25. The quantitative estimate of drug-likeness (QED) is 0.160. The Morgan fingerprint density at radius 1 is 0.425 bits per heavy atom. The van der Waals surface area contributed by atoms with Gasteiger partial charge in [0.25, 0.3) is 0 Å². The van der Waals surface area contributed by atoms with Crippen LogP contribution in [-0.2, 0) is 26.2 Å². The number of aromatic hydroxyl groups is 8. The number of hydrogen-bond acceptors (Lipinski definition) is 9. The molecule has 0 spiro atoms. The van der Waals surface area contributed by atoms with E-state index in [2.05, 4.69) is 0 Å². The van der Waals surface area contributed by atoms with Crippen LogP contribution >= 0.6 is 0 Å². The first kappa shape index (κ1) is 27.6. The Morgan fingerprint density at radius 3 is 0.850 bits per heavy atom. The zero-order valence-electron chi connectivity index (χ0n) is 21.1. The standard InChI is InChI=1S/C29H28N2O9/c32-21-5-1-17(25(36)9-21)13-30(14-18-2-6-22(33)10-26(18)37)29(40)31(15-19-3-7-23(34)11-27(19)38)16-20-4-8-24(35)12-28(20)39/h1-12,32-39H,13-16H2. The second kappa shape index (κ2) is 11.5. The maximum Gasteiger partial charge on any atom is 0.321 e. The fourth-order valence-electron chi connectivity index (χ4n) is 4.15. The zero-order valence-corrected chi connectivity index (χ0v) is 21.1. The topological polar surface area (TPSA) is 185 Å². The van der Waals surface area contributed by atoms with Gasteiger partial charge in [-0.3, -0.25) is 0 Å². The van der Waals surface area contributed by atoms with E-state index in [0.717, 1.165) is 24.3 Å². The molecule has 0 aliphatic heterocycles. The largest absolute Gasteiger partial charge is 0.508 e. The van der Waals surface area contributed by atoms with E-state index >= 15 is 0 Å². The third kappa shape index (κ3) is 6.51. The van der Waals surface area contributed by atoms with E-state index in [4.69, 9.17) is 0 Å². The Kier molecular flexibility index (Phi) is 7.94. The maximum absolute atomic E-state index is 14.1. The number of phenolic OH excluding ortho intramolecular Hbond substituents is 8. The first-order valence-corrected chi connectivity index (χ1v) is 12.1. The summed E-state index contributed by atoms with van der Waals surface area (Å²) in [6.45, 7) is -0.703. The van der Waals surface area contributed by atoms with Crippen molar-refractivity contribution in [2.75, 3.05) is 0 Å². The molecule has 11 heteroatoms. The van der Waals surface area contributed by atoms with Gasteiger partial charge in [-0.25, -0.2) is 4.79 Å². The Hall–Kier alpha value is -5.45. The highest BCUT2D eigenvalue weighted by Crippen LogP contribution is 2.31. The van der Waals surface area contributed by atoms with Gasteiger partial charge in [-0.1, -0.05) is 0 Å². The lowest BCUT2D eigenvalue weighted by Gasteiger charge is -2.32. The molecular weight excluding hydrogens is 520 g/mol. The van der Waals surface area contributed by atoms with Crippen LogP contribution in [0.15, 0.2) is 72.8 Å². The van der Waals surface area contributed by atoms with Gasteiger partial charge in [0, 0.05) is 46.5 Å². The number of carbonyl (C=O) groups is 1. The van der Waals surface area contributed by atoms with Crippen molar-refractivity contribution < 1.29 is 45.6 Å². The molecule has 40 heavy (non-hydrogen) atoms. The molecule has 8 N–H and O–H groups in total. The van der Waals surface area contributed by atoms with Crippen molar-refractivity contribution in [3.8, 4) is 46.0 Å². The van der Waals surface area contributed by atoms with Crippen molar-refractivity contribution in [3.63, 3.8) is 0 Å². The van der Waals surface area contributed by atoms with Crippen molar-refractivity contribution >= 4 is 6.03 Å². The molecule has 0 aliphatic carbocycles. The first-order chi connectivity index (χ1) is 19.0. The summed E-state index contributed by atoms with van der Waals surface area (Å²) in [6.07, 6.45) is 0. The molecule has 0 radical (unpaired) electrons. The molecule has 0 atom stereocenters. The number of amides is 2. The zero-order chi connectivity index (χ0) is 29.0. The maximum atomic E-state index is 14.1. The minimum atomic E-state index is -0.639. The van der Waals surface area contributed by atoms with Crippen LogP contribution < -0.4 is 0 Å². The van der Waals surface area contributed by atoms with E-state index in [9.17, 15) is 45.6 Å². The minimum absolute atomic E-state index is 0.176. The van der Waals surface area contributed by atoms with Gasteiger partial charge in [0.05, 0.1) is 26.2 Å². The average molecular weight is 549 g/mol. The number of rotatable bonds is 8. The van der Waals surface area contributed by atoms with E-state index in [1.807, 2.05) is 0 Å². The summed E-state index contributed by atoms with van der Waals surface area (Å²) in [4.78, 5) is 16.7. The van der Waals surface area contributed by atoms with Crippen LogP contribution in [0.1, 0.15) is 22.3 Å². The highest BCUT2D eigenvalue weighted by atomic mass is 16.3. The Morgan fingerprint density at radius 2 is 0.650 bits per heavy atom. The monoisotopic (exact) mass is 548 g/mol. The summed E-state index contributed by atoms with van der Waals surface area (Å²) in [5.41, 5.74) is 1.13. The summed E-state index contributed by atoms with van der Waals surface area (Å²) < 4.78 is 0. The van der Waals surface area contributed by atoms with Gasteiger partial charge in [-0.05, 0) is 48.5 Å². The van der Waals surface area contributed by atoms with Crippen LogP contribution in [0.25, 0.3) is 0 Å². The summed E-state index contributed by atoms with van der Waals surface area (Å²) in [7, 11) is 0. The summed E-state index contributed by atoms with van der Waals surface area (Å²) in [5.74, 6) is -1.80. The molecule has 4 rings (SSSR count). The van der Waals surface area contributed by atoms with Crippen LogP contribution in [0, 0.1) is 0 Å². The summed E-state index contributed by atoms with van der Waals surface area (Å²) >= 11 is 0. The highest BCUT2D eigenvalue weighted by molar-refractivity contribution is 5.75. The van der Waals surface area contributed by atoms with Gasteiger partial charge in [0.2, 0.25) is 0 Å². The molecule has 0 aromatic heterocycles. The summed E-state index contributed by atoms with van der Waals surface area (Å²) in [5, 5.41) is 80.4. The Labute approximate surface area is 228 Å².